The van der Waals surface area contributed by atoms with Gasteiger partial charge in [-0.3, -0.25) is 4.79 Å². The summed E-state index contributed by atoms with van der Waals surface area (Å²) in [5, 5.41) is 10.1. The van der Waals surface area contributed by atoms with E-state index in [4.69, 9.17) is 9.47 Å². The van der Waals surface area contributed by atoms with Gasteiger partial charge in [-0.25, -0.2) is 0 Å². The van der Waals surface area contributed by atoms with Gasteiger partial charge >= 0.3 is 5.97 Å². The van der Waals surface area contributed by atoms with Gasteiger partial charge < -0.3 is 19.3 Å². The van der Waals surface area contributed by atoms with Crippen LogP contribution in [0.1, 0.15) is 24.5 Å². The number of esters is 1. The normalized spacial score (nSPS) is 14.9. The molecule has 0 aromatic heterocycles. The highest BCUT2D eigenvalue weighted by Crippen LogP contribution is 2.40. The third-order valence-electron chi connectivity index (χ3n) is 2.85. The first-order valence-corrected chi connectivity index (χ1v) is 6.75. The van der Waals surface area contributed by atoms with E-state index in [2.05, 4.69) is 20.7 Å². The molecule has 1 atom stereocenters. The average molecular weight is 331 g/mol. The molecule has 6 heteroatoms. The van der Waals surface area contributed by atoms with Crippen LogP contribution in [0, 0.1) is 0 Å². The standard InChI is InChI=1S/C13H15BrO5/c1-17-12(16)3-2-10(15)8-6-9(14)13-11(7-8)18-4-5-19-13/h6-7,10,15H,2-5H2,1H3. The molecule has 1 aromatic rings. The first-order chi connectivity index (χ1) is 9.11. The number of rotatable bonds is 4. The van der Waals surface area contributed by atoms with Crippen LogP contribution in [-0.4, -0.2) is 31.4 Å². The molecule has 1 aliphatic heterocycles. The Hall–Kier alpha value is -1.27. The molecule has 104 valence electrons. The summed E-state index contributed by atoms with van der Waals surface area (Å²) < 4.78 is 16.2. The SMILES string of the molecule is COC(=O)CCC(O)c1cc(Br)c2c(c1)OCCO2. The van der Waals surface area contributed by atoms with Crippen molar-refractivity contribution in [3.63, 3.8) is 0 Å². The predicted molar refractivity (Wildman–Crippen MR) is 71.3 cm³/mol. The molecule has 0 saturated heterocycles. The molecule has 5 nitrogen and oxygen atoms in total. The van der Waals surface area contributed by atoms with Crippen molar-refractivity contribution in [2.24, 2.45) is 0 Å². The Morgan fingerprint density at radius 2 is 2.21 bits per heavy atom. The summed E-state index contributed by atoms with van der Waals surface area (Å²) in [5.74, 6) is 0.915. The molecule has 1 unspecified atom stereocenters. The quantitative estimate of drug-likeness (QED) is 0.857. The van der Waals surface area contributed by atoms with Crippen LogP contribution in [0.2, 0.25) is 0 Å². The summed E-state index contributed by atoms with van der Waals surface area (Å²) >= 11 is 3.39. The zero-order chi connectivity index (χ0) is 13.8. The minimum absolute atomic E-state index is 0.170. The molecule has 0 radical (unpaired) electrons. The zero-order valence-corrected chi connectivity index (χ0v) is 12.1. The Kier molecular flexibility index (Phi) is 4.66. The second kappa shape index (κ2) is 6.25. The van der Waals surface area contributed by atoms with Gasteiger partial charge in [-0.1, -0.05) is 0 Å². The van der Waals surface area contributed by atoms with Crippen LogP contribution in [-0.2, 0) is 9.53 Å². The maximum Gasteiger partial charge on any atom is 0.305 e. The molecular weight excluding hydrogens is 316 g/mol. The van der Waals surface area contributed by atoms with Crippen LogP contribution < -0.4 is 9.47 Å². The number of methoxy groups -OCH3 is 1. The predicted octanol–water partition coefficient (Wildman–Crippen LogP) is 2.21. The molecule has 1 aromatic carbocycles. The Morgan fingerprint density at radius 3 is 2.95 bits per heavy atom. The highest BCUT2D eigenvalue weighted by atomic mass is 79.9. The fraction of sp³-hybridized carbons (Fsp3) is 0.462. The van der Waals surface area contributed by atoms with Crippen molar-refractivity contribution in [3.05, 3.63) is 22.2 Å². The molecule has 0 aliphatic carbocycles. The Morgan fingerprint density at radius 1 is 1.47 bits per heavy atom. The third-order valence-corrected chi connectivity index (χ3v) is 3.44. The number of aliphatic hydroxyl groups is 1. The van der Waals surface area contributed by atoms with Gasteiger partial charge in [0.1, 0.15) is 13.2 Å². The van der Waals surface area contributed by atoms with Crippen molar-refractivity contribution in [2.45, 2.75) is 18.9 Å². The maximum atomic E-state index is 11.1. The lowest BCUT2D eigenvalue weighted by molar-refractivity contribution is -0.141. The number of aliphatic hydroxyl groups excluding tert-OH is 1. The van der Waals surface area contributed by atoms with E-state index < -0.39 is 6.10 Å². The van der Waals surface area contributed by atoms with Gasteiger partial charge in [0.25, 0.3) is 0 Å². The minimum Gasteiger partial charge on any atom is -0.486 e. The lowest BCUT2D eigenvalue weighted by Gasteiger charge is -2.21. The van der Waals surface area contributed by atoms with Gasteiger partial charge in [-0.05, 0) is 40.0 Å². The highest BCUT2D eigenvalue weighted by molar-refractivity contribution is 9.10. The molecule has 0 saturated carbocycles. The molecule has 19 heavy (non-hydrogen) atoms. The van der Waals surface area contributed by atoms with E-state index in [1.165, 1.54) is 7.11 Å². The van der Waals surface area contributed by atoms with Crippen LogP contribution in [0.4, 0.5) is 0 Å². The average Bonchev–Trinajstić information content (AvgIpc) is 2.44. The highest BCUT2D eigenvalue weighted by Gasteiger charge is 2.19. The summed E-state index contributed by atoms with van der Waals surface area (Å²) in [4.78, 5) is 11.1. The van der Waals surface area contributed by atoms with Crippen molar-refractivity contribution in [3.8, 4) is 11.5 Å². The van der Waals surface area contributed by atoms with E-state index in [-0.39, 0.29) is 12.4 Å². The fourth-order valence-corrected chi connectivity index (χ4v) is 2.42. The number of carbonyl (C=O) groups excluding carboxylic acids is 1. The van der Waals surface area contributed by atoms with Crippen LogP contribution in [0.25, 0.3) is 0 Å². The number of benzene rings is 1. The first kappa shape index (κ1) is 14.1. The molecule has 0 bridgehead atoms. The number of hydrogen-bond donors (Lipinski definition) is 1. The molecule has 2 rings (SSSR count). The Labute approximate surface area is 119 Å². The van der Waals surface area contributed by atoms with E-state index in [0.717, 1.165) is 4.47 Å². The van der Waals surface area contributed by atoms with E-state index >= 15 is 0 Å². The molecule has 0 fully saturated rings. The zero-order valence-electron chi connectivity index (χ0n) is 10.5. The number of hydrogen-bond acceptors (Lipinski definition) is 5. The van der Waals surface area contributed by atoms with Gasteiger partial charge in [0.2, 0.25) is 0 Å². The smallest absolute Gasteiger partial charge is 0.305 e. The van der Waals surface area contributed by atoms with Gasteiger partial charge in [0, 0.05) is 6.42 Å². The molecule has 0 amide bonds. The van der Waals surface area contributed by atoms with Crippen LogP contribution in [0.5, 0.6) is 11.5 Å². The van der Waals surface area contributed by atoms with Crippen LogP contribution in [0.15, 0.2) is 16.6 Å². The van der Waals surface area contributed by atoms with Crippen molar-refractivity contribution >= 4 is 21.9 Å². The summed E-state index contributed by atoms with van der Waals surface area (Å²) in [6, 6.07) is 3.51. The summed E-state index contributed by atoms with van der Waals surface area (Å²) in [7, 11) is 1.33. The molecular formula is C13H15BrO5. The molecule has 1 aliphatic rings. The Bertz CT molecular complexity index is 474. The van der Waals surface area contributed by atoms with Gasteiger partial charge in [-0.2, -0.15) is 0 Å². The van der Waals surface area contributed by atoms with E-state index in [1.807, 2.05) is 0 Å². The second-order valence-corrected chi connectivity index (χ2v) is 5.01. The lowest BCUT2D eigenvalue weighted by atomic mass is 10.0. The van der Waals surface area contributed by atoms with Crippen molar-refractivity contribution in [1.82, 2.24) is 0 Å². The monoisotopic (exact) mass is 330 g/mol. The molecule has 0 spiro atoms. The second-order valence-electron chi connectivity index (χ2n) is 4.16. The van der Waals surface area contributed by atoms with Gasteiger partial charge in [0.15, 0.2) is 11.5 Å². The Balaban J connectivity index is 2.11. The minimum atomic E-state index is -0.744. The number of carbonyl (C=O) groups is 1. The van der Waals surface area contributed by atoms with Crippen molar-refractivity contribution in [2.75, 3.05) is 20.3 Å². The number of fused-ring (bicyclic) bond motifs is 1. The topological polar surface area (TPSA) is 65.0 Å². The fourth-order valence-electron chi connectivity index (χ4n) is 1.85. The number of ether oxygens (including phenoxy) is 3. The first-order valence-electron chi connectivity index (χ1n) is 5.95. The van der Waals surface area contributed by atoms with Crippen LogP contribution >= 0.6 is 15.9 Å². The van der Waals surface area contributed by atoms with Gasteiger partial charge in [0.05, 0.1) is 17.7 Å². The number of halogens is 1. The van der Waals surface area contributed by atoms with Crippen molar-refractivity contribution < 1.29 is 24.1 Å². The van der Waals surface area contributed by atoms with E-state index in [0.29, 0.717) is 36.7 Å². The van der Waals surface area contributed by atoms with Crippen molar-refractivity contribution in [1.29, 1.82) is 0 Å². The summed E-state index contributed by atoms with van der Waals surface area (Å²) in [5.41, 5.74) is 0.681. The third kappa shape index (κ3) is 3.39. The lowest BCUT2D eigenvalue weighted by Crippen LogP contribution is -2.16. The summed E-state index contributed by atoms with van der Waals surface area (Å²) in [6.45, 7) is 0.997. The largest absolute Gasteiger partial charge is 0.486 e. The summed E-state index contributed by atoms with van der Waals surface area (Å²) in [6.07, 6.45) is -0.270. The van der Waals surface area contributed by atoms with E-state index in [1.54, 1.807) is 12.1 Å². The van der Waals surface area contributed by atoms with Gasteiger partial charge in [-0.15, -0.1) is 0 Å². The van der Waals surface area contributed by atoms with E-state index in [9.17, 15) is 9.90 Å². The molecule has 1 N–H and O–H groups in total. The maximum absolute atomic E-state index is 11.1. The van der Waals surface area contributed by atoms with Crippen LogP contribution in [0.3, 0.4) is 0 Å². The molecule has 1 heterocycles.